The van der Waals surface area contributed by atoms with Gasteiger partial charge in [0.1, 0.15) is 38.2 Å². The van der Waals surface area contributed by atoms with Crippen LogP contribution in [0, 0.1) is 0 Å². The number of pyridine rings is 1. The highest BCUT2D eigenvalue weighted by Gasteiger charge is 2.24. The topological polar surface area (TPSA) is 455 Å². The Morgan fingerprint density at radius 3 is 1.50 bits per heavy atom. The molecule has 0 fully saturated rings. The zero-order chi connectivity index (χ0) is 48.1. The van der Waals surface area contributed by atoms with E-state index >= 15 is 0 Å². The average Bonchev–Trinajstić information content (AvgIpc) is 3.14. The van der Waals surface area contributed by atoms with Crippen molar-refractivity contribution in [3.05, 3.63) is 72.9 Å². The predicted octanol–water partition coefficient (Wildman–Crippen LogP) is 4.12. The number of benzene rings is 3. The lowest BCUT2D eigenvalue weighted by Crippen LogP contribution is -2.16. The molecule has 0 radical (unpaired) electrons. The minimum absolute atomic E-state index is 0.00609. The highest BCUT2D eigenvalue weighted by molar-refractivity contribution is 7.92. The molecule has 1 aromatic heterocycles. The van der Waals surface area contributed by atoms with Gasteiger partial charge in [0.25, 0.3) is 20.2 Å². The van der Waals surface area contributed by atoms with Crippen LogP contribution in [0.4, 0.5) is 51.4 Å². The summed E-state index contributed by atoms with van der Waals surface area (Å²) in [5.41, 5.74) is 10.00. The molecule has 4 aromatic rings. The molecule has 28 nitrogen and oxygen atoms in total. The lowest BCUT2D eigenvalue weighted by atomic mass is 10.2. The van der Waals surface area contributed by atoms with Gasteiger partial charge in [-0.1, -0.05) is 6.58 Å². The molecule has 0 amide bonds. The Labute approximate surface area is 364 Å². The van der Waals surface area contributed by atoms with Crippen LogP contribution in [0.3, 0.4) is 0 Å². The third kappa shape index (κ3) is 14.6. The van der Waals surface area contributed by atoms with Crippen molar-refractivity contribution >= 4 is 112 Å². The number of azo groups is 3. The highest BCUT2D eigenvalue weighted by atomic mass is 32.3. The second kappa shape index (κ2) is 19.5. The minimum Gasteiger partial charge on any atom is -0.382 e. The van der Waals surface area contributed by atoms with Crippen LogP contribution >= 0.6 is 0 Å². The van der Waals surface area contributed by atoms with Crippen LogP contribution in [0.25, 0.3) is 0 Å². The number of hydrogen-bond donors (Lipinski definition) is 7. The van der Waals surface area contributed by atoms with Crippen LogP contribution in [0.15, 0.2) is 123 Å². The van der Waals surface area contributed by atoms with Gasteiger partial charge in [-0.05, 0) is 61.5 Å². The number of allylic oxidation sites excluding steroid dienone is 1. The van der Waals surface area contributed by atoms with E-state index in [2.05, 4.69) is 55.9 Å². The number of nitrogens with one attached hydrogen (secondary N) is 1. The van der Waals surface area contributed by atoms with Crippen LogP contribution in [-0.2, 0) is 69.1 Å². The molecule has 0 saturated heterocycles. The fraction of sp³-hybridized carbons (Fsp3) is 0.167. The molecular weight excluding hydrogens is 981 g/mol. The number of nitrogens with zero attached hydrogens (tertiary/aromatic N) is 7. The van der Waals surface area contributed by atoms with Gasteiger partial charge in [-0.25, -0.2) is 30.2 Å². The van der Waals surface area contributed by atoms with Gasteiger partial charge in [-0.15, -0.1) is 25.6 Å². The van der Waals surface area contributed by atoms with Crippen molar-refractivity contribution in [2.75, 3.05) is 41.5 Å². The molecule has 0 aliphatic rings. The maximum atomic E-state index is 12.6. The van der Waals surface area contributed by atoms with Crippen molar-refractivity contribution in [2.45, 2.75) is 26.5 Å². The second-order valence-corrected chi connectivity index (χ2v) is 21.5. The molecule has 34 heteroatoms. The first-order valence-corrected chi connectivity index (χ1v) is 25.6. The predicted molar refractivity (Wildman–Crippen MR) is 222 cm³/mol. The molecule has 4 rings (SSSR count). The molecule has 3 aromatic carbocycles. The molecule has 0 atom stereocenters. The number of nitrogen functional groups attached to an aromatic ring is 2. The van der Waals surface area contributed by atoms with E-state index < -0.39 is 123 Å². The van der Waals surface area contributed by atoms with Gasteiger partial charge in [-0.2, -0.15) is 38.8 Å². The van der Waals surface area contributed by atoms with E-state index in [-0.39, 0.29) is 39.0 Å². The van der Waals surface area contributed by atoms with E-state index in [1.165, 1.54) is 19.1 Å². The van der Waals surface area contributed by atoms with Gasteiger partial charge >= 0.3 is 20.8 Å². The number of aromatic nitrogens is 1. The van der Waals surface area contributed by atoms with Gasteiger partial charge in [0, 0.05) is 11.8 Å². The summed E-state index contributed by atoms with van der Waals surface area (Å²) < 4.78 is 188. The Hall–Kier alpha value is -5.79. The van der Waals surface area contributed by atoms with E-state index in [9.17, 15) is 59.6 Å². The van der Waals surface area contributed by atoms with Crippen LogP contribution in [0.5, 0.6) is 0 Å². The van der Waals surface area contributed by atoms with Crippen LogP contribution in [0.1, 0.15) is 6.92 Å². The van der Waals surface area contributed by atoms with Crippen molar-refractivity contribution in [2.24, 2.45) is 30.7 Å². The Balaban J connectivity index is 1.69. The maximum Gasteiger partial charge on any atom is 0.397 e. The third-order valence-corrected chi connectivity index (χ3v) is 13.5. The summed E-state index contributed by atoms with van der Waals surface area (Å²) in [5.74, 6) is -2.71. The second-order valence-electron chi connectivity index (χ2n) is 12.4. The van der Waals surface area contributed by atoms with Gasteiger partial charge in [-0.3, -0.25) is 18.2 Å². The Morgan fingerprint density at radius 1 is 0.578 bits per heavy atom. The zero-order valence-electron chi connectivity index (χ0n) is 32.0. The van der Waals surface area contributed by atoms with Crippen LogP contribution in [-0.4, -0.2) is 98.4 Å². The summed E-state index contributed by atoms with van der Waals surface area (Å²) in [7, 11) is -28.7. The van der Waals surface area contributed by atoms with Crippen LogP contribution < -0.4 is 16.8 Å². The van der Waals surface area contributed by atoms with Crippen molar-refractivity contribution in [3.63, 3.8) is 0 Å². The molecule has 9 N–H and O–H groups in total. The average molecular weight is 1010 g/mol. The molecule has 1 heterocycles. The number of hydrogen-bond acceptors (Lipinski definition) is 24. The first-order chi connectivity index (χ1) is 29.3. The fourth-order valence-electron chi connectivity index (χ4n) is 4.70. The molecule has 0 bridgehead atoms. The summed E-state index contributed by atoms with van der Waals surface area (Å²) in [6.07, 6.45) is 0. The number of sulfone groups is 2. The lowest BCUT2D eigenvalue weighted by molar-refractivity contribution is 0.282. The summed E-state index contributed by atoms with van der Waals surface area (Å²) in [6, 6.07) is 9.63. The van der Waals surface area contributed by atoms with Crippen molar-refractivity contribution in [3.8, 4) is 0 Å². The van der Waals surface area contributed by atoms with Crippen molar-refractivity contribution in [1.82, 2.24) is 4.98 Å². The molecular formula is C30H32N10O18S6. The van der Waals surface area contributed by atoms with Gasteiger partial charge < -0.3 is 16.8 Å². The standard InChI is InChI=1S/C30H32N10O18S6/c1-17(2)33-22-14-24(28(62(48,49)50)16-23(22)37-35-18-3-5-19(6-4-18)59(41,42)11-9-57-63(51,52)53)38-40-26-15-25(29(31)34-30(26)32)39-36-21-8-7-20(13-27(21)61(45,46)47)60(43,44)12-10-58-64(54,55)56/h3-8,13-16,33H,1,9-12H2,2H3,(H4,31,32,34)(H,45,46,47)(H,48,49,50)(H,51,52,53)(H,54,55,56). The highest BCUT2D eigenvalue weighted by Crippen LogP contribution is 2.40. The number of rotatable bonds is 20. The summed E-state index contributed by atoms with van der Waals surface area (Å²) in [4.78, 5) is 0.879. The van der Waals surface area contributed by atoms with Crippen molar-refractivity contribution < 1.29 is 77.1 Å². The smallest absolute Gasteiger partial charge is 0.382 e. The van der Waals surface area contributed by atoms with Gasteiger partial charge in [0.15, 0.2) is 31.3 Å². The molecule has 0 aliphatic carbocycles. The first-order valence-electron chi connectivity index (χ1n) is 16.6. The van der Waals surface area contributed by atoms with Gasteiger partial charge in [0.2, 0.25) is 0 Å². The van der Waals surface area contributed by atoms with E-state index in [4.69, 9.17) is 20.6 Å². The Bertz CT molecular complexity index is 3270. The minimum atomic E-state index is -5.21. The fourth-order valence-corrected chi connectivity index (χ4v) is 9.04. The number of anilines is 3. The van der Waals surface area contributed by atoms with Crippen molar-refractivity contribution in [1.29, 1.82) is 0 Å². The van der Waals surface area contributed by atoms with E-state index in [1.807, 2.05) is 0 Å². The Kier molecular flexibility index (Phi) is 15.5. The summed E-state index contributed by atoms with van der Waals surface area (Å²) in [5, 5.41) is 26.0. The lowest BCUT2D eigenvalue weighted by Gasteiger charge is -2.11. The summed E-state index contributed by atoms with van der Waals surface area (Å²) in [6.45, 7) is 3.31. The molecule has 346 valence electrons. The molecule has 0 unspecified atom stereocenters. The Morgan fingerprint density at radius 2 is 1.02 bits per heavy atom. The third-order valence-electron chi connectivity index (χ3n) is 7.48. The largest absolute Gasteiger partial charge is 0.397 e. The molecule has 0 spiro atoms. The van der Waals surface area contributed by atoms with Crippen LogP contribution in [0.2, 0.25) is 0 Å². The van der Waals surface area contributed by atoms with E-state index in [0.717, 1.165) is 42.5 Å². The maximum absolute atomic E-state index is 12.6. The quantitative estimate of drug-likeness (QED) is 0.0483. The first kappa shape index (κ1) is 50.9. The van der Waals surface area contributed by atoms with Gasteiger partial charge in [0.05, 0.1) is 45.9 Å². The molecule has 0 aliphatic heterocycles. The normalized spacial score (nSPS) is 13.3. The number of nitrogens with two attached hydrogens (primary N) is 2. The molecule has 0 saturated carbocycles. The summed E-state index contributed by atoms with van der Waals surface area (Å²) >= 11 is 0. The monoisotopic (exact) mass is 1010 g/mol. The molecule has 64 heavy (non-hydrogen) atoms. The van der Waals surface area contributed by atoms with E-state index in [1.54, 1.807) is 0 Å². The SMILES string of the molecule is C=C(C)Nc1cc(N=Nc2cc(N=Nc3ccc(S(=O)(=O)CCOS(=O)(=O)O)cc3S(=O)(=O)O)c(N)nc2N)c(S(=O)(=O)O)cc1N=Nc1ccc(S(=O)(=O)CCOS(=O)(=O)O)cc1. The van der Waals surface area contributed by atoms with E-state index in [0.29, 0.717) is 6.07 Å². The zero-order valence-corrected chi connectivity index (χ0v) is 36.9.